The molecule has 106 valence electrons. The van der Waals surface area contributed by atoms with Crippen molar-refractivity contribution in [3.8, 4) is 6.07 Å². The van der Waals surface area contributed by atoms with Gasteiger partial charge in [0, 0.05) is 12.2 Å². The summed E-state index contributed by atoms with van der Waals surface area (Å²) in [5, 5.41) is 20.9. The zero-order valence-electron chi connectivity index (χ0n) is 11.5. The molecule has 0 aliphatic rings. The Morgan fingerprint density at radius 2 is 1.95 bits per heavy atom. The van der Waals surface area contributed by atoms with E-state index >= 15 is 0 Å². The highest BCUT2D eigenvalue weighted by atomic mass is 16.3. The van der Waals surface area contributed by atoms with Crippen LogP contribution in [-0.2, 0) is 0 Å². The number of aliphatic hydroxyl groups excluding tert-OH is 1. The van der Waals surface area contributed by atoms with Gasteiger partial charge in [-0.25, -0.2) is 0 Å². The molecule has 0 saturated carbocycles. The minimum Gasteiger partial charge on any atom is -0.396 e. The molecule has 1 unspecified atom stereocenters. The van der Waals surface area contributed by atoms with Gasteiger partial charge < -0.3 is 10.4 Å². The van der Waals surface area contributed by atoms with Gasteiger partial charge in [-0.2, -0.15) is 5.26 Å². The van der Waals surface area contributed by atoms with Gasteiger partial charge in [-0.1, -0.05) is 36.4 Å². The lowest BCUT2D eigenvalue weighted by Gasteiger charge is -2.18. The molecule has 0 saturated heterocycles. The van der Waals surface area contributed by atoms with Crippen molar-refractivity contribution in [2.45, 2.75) is 12.5 Å². The zero-order chi connectivity index (χ0) is 15.1. The molecule has 1 amide bonds. The summed E-state index contributed by atoms with van der Waals surface area (Å²) in [7, 11) is 0. The van der Waals surface area contributed by atoms with Crippen molar-refractivity contribution in [3.05, 3.63) is 71.3 Å². The topological polar surface area (TPSA) is 73.1 Å². The lowest BCUT2D eigenvalue weighted by atomic mass is 10.0. The number of carbonyl (C=O) groups is 1. The molecule has 0 heterocycles. The number of rotatable bonds is 5. The van der Waals surface area contributed by atoms with Gasteiger partial charge in [0.25, 0.3) is 5.91 Å². The number of carbonyl (C=O) groups excluding carboxylic acids is 1. The van der Waals surface area contributed by atoms with Crippen LogP contribution in [0, 0.1) is 11.3 Å². The maximum atomic E-state index is 12.3. The van der Waals surface area contributed by atoms with Gasteiger partial charge in [-0.15, -0.1) is 0 Å². The lowest BCUT2D eigenvalue weighted by molar-refractivity contribution is 0.0930. The van der Waals surface area contributed by atoms with E-state index in [0.717, 1.165) is 5.56 Å². The Hall–Kier alpha value is -2.64. The van der Waals surface area contributed by atoms with Gasteiger partial charge in [-0.05, 0) is 30.2 Å². The number of nitrogens with one attached hydrogen (secondary N) is 1. The van der Waals surface area contributed by atoms with Gasteiger partial charge in [0.2, 0.25) is 0 Å². The number of nitriles is 1. The Bertz CT molecular complexity index is 647. The number of amides is 1. The van der Waals surface area contributed by atoms with Crippen LogP contribution in [0.1, 0.15) is 33.9 Å². The fourth-order valence-corrected chi connectivity index (χ4v) is 2.11. The summed E-state index contributed by atoms with van der Waals surface area (Å²) in [6.45, 7) is -0.0158. The smallest absolute Gasteiger partial charge is 0.251 e. The van der Waals surface area contributed by atoms with Crippen LogP contribution in [0.5, 0.6) is 0 Å². The number of aliphatic hydroxyl groups is 1. The third kappa shape index (κ3) is 3.91. The van der Waals surface area contributed by atoms with Crippen molar-refractivity contribution in [2.75, 3.05) is 6.61 Å². The van der Waals surface area contributed by atoms with Crippen molar-refractivity contribution < 1.29 is 9.90 Å². The second-order valence-corrected chi connectivity index (χ2v) is 4.64. The van der Waals surface area contributed by atoms with Crippen LogP contribution < -0.4 is 5.32 Å². The molecule has 21 heavy (non-hydrogen) atoms. The molecule has 0 aliphatic carbocycles. The molecule has 1 atom stereocenters. The van der Waals surface area contributed by atoms with E-state index in [0.29, 0.717) is 17.5 Å². The van der Waals surface area contributed by atoms with Crippen LogP contribution in [0.25, 0.3) is 0 Å². The normalized spacial score (nSPS) is 11.4. The third-order valence-electron chi connectivity index (χ3n) is 3.18. The van der Waals surface area contributed by atoms with E-state index in [1.54, 1.807) is 24.3 Å². The summed E-state index contributed by atoms with van der Waals surface area (Å²) in [4.78, 5) is 12.3. The lowest BCUT2D eigenvalue weighted by Crippen LogP contribution is -2.29. The van der Waals surface area contributed by atoms with E-state index in [-0.39, 0.29) is 18.6 Å². The third-order valence-corrected chi connectivity index (χ3v) is 3.18. The van der Waals surface area contributed by atoms with E-state index in [1.165, 1.54) is 0 Å². The maximum Gasteiger partial charge on any atom is 0.251 e. The van der Waals surface area contributed by atoms with E-state index < -0.39 is 0 Å². The SMILES string of the molecule is N#Cc1cccc(C(=O)NC(CCO)c2ccccc2)c1. The van der Waals surface area contributed by atoms with Crippen LogP contribution in [0.2, 0.25) is 0 Å². The first-order valence-electron chi connectivity index (χ1n) is 6.71. The van der Waals surface area contributed by atoms with Crippen LogP contribution in [0.15, 0.2) is 54.6 Å². The highest BCUT2D eigenvalue weighted by Gasteiger charge is 2.15. The molecule has 0 aromatic heterocycles. The Kier molecular flexibility index (Phi) is 5.08. The zero-order valence-corrected chi connectivity index (χ0v) is 11.5. The van der Waals surface area contributed by atoms with E-state index in [9.17, 15) is 4.79 Å². The Morgan fingerprint density at radius 1 is 1.19 bits per heavy atom. The van der Waals surface area contributed by atoms with Gasteiger partial charge in [0.1, 0.15) is 0 Å². The summed E-state index contributed by atoms with van der Waals surface area (Å²) in [5.74, 6) is -0.255. The summed E-state index contributed by atoms with van der Waals surface area (Å²) in [5.41, 5.74) is 1.82. The first kappa shape index (κ1) is 14.8. The Labute approximate surface area is 123 Å². The second kappa shape index (κ2) is 7.22. The molecule has 2 aromatic carbocycles. The highest BCUT2D eigenvalue weighted by Crippen LogP contribution is 2.17. The number of hydrogen-bond acceptors (Lipinski definition) is 3. The molecule has 4 nitrogen and oxygen atoms in total. The van der Waals surface area contributed by atoms with Crippen molar-refractivity contribution >= 4 is 5.91 Å². The molecule has 0 aliphatic heterocycles. The fourth-order valence-electron chi connectivity index (χ4n) is 2.11. The summed E-state index contributed by atoms with van der Waals surface area (Å²) in [6.07, 6.45) is 0.438. The molecule has 2 rings (SSSR count). The molecule has 4 heteroatoms. The molecule has 2 aromatic rings. The van der Waals surface area contributed by atoms with E-state index in [4.69, 9.17) is 10.4 Å². The minimum atomic E-state index is -0.255. The first-order chi connectivity index (χ1) is 10.2. The summed E-state index contributed by atoms with van der Waals surface area (Å²) >= 11 is 0. The minimum absolute atomic E-state index is 0.0158. The number of benzene rings is 2. The maximum absolute atomic E-state index is 12.3. The first-order valence-corrected chi connectivity index (χ1v) is 6.71. The summed E-state index contributed by atoms with van der Waals surface area (Å²) in [6, 6.07) is 17.8. The van der Waals surface area contributed by atoms with Crippen LogP contribution >= 0.6 is 0 Å². The van der Waals surface area contributed by atoms with Crippen LogP contribution in [-0.4, -0.2) is 17.6 Å². The molecular weight excluding hydrogens is 264 g/mol. The van der Waals surface area contributed by atoms with E-state index in [1.807, 2.05) is 36.4 Å². The average Bonchev–Trinajstić information content (AvgIpc) is 2.55. The Morgan fingerprint density at radius 3 is 2.62 bits per heavy atom. The predicted molar refractivity (Wildman–Crippen MR) is 79.5 cm³/mol. The van der Waals surface area contributed by atoms with Crippen molar-refractivity contribution in [1.29, 1.82) is 5.26 Å². The second-order valence-electron chi connectivity index (χ2n) is 4.64. The van der Waals surface area contributed by atoms with Crippen LogP contribution in [0.4, 0.5) is 0 Å². The summed E-state index contributed by atoms with van der Waals surface area (Å²) < 4.78 is 0. The van der Waals surface area contributed by atoms with Crippen molar-refractivity contribution in [2.24, 2.45) is 0 Å². The van der Waals surface area contributed by atoms with Gasteiger partial charge in [0.05, 0.1) is 17.7 Å². The molecule has 0 bridgehead atoms. The largest absolute Gasteiger partial charge is 0.396 e. The fraction of sp³-hybridized carbons (Fsp3) is 0.176. The molecule has 2 N–H and O–H groups in total. The number of nitrogens with zero attached hydrogens (tertiary/aromatic N) is 1. The quantitative estimate of drug-likeness (QED) is 0.883. The Balaban J connectivity index is 2.17. The molecular formula is C17H16N2O2. The number of hydrogen-bond donors (Lipinski definition) is 2. The highest BCUT2D eigenvalue weighted by molar-refractivity contribution is 5.94. The van der Waals surface area contributed by atoms with Crippen molar-refractivity contribution in [1.82, 2.24) is 5.32 Å². The van der Waals surface area contributed by atoms with Gasteiger partial charge >= 0.3 is 0 Å². The van der Waals surface area contributed by atoms with E-state index in [2.05, 4.69) is 5.32 Å². The van der Waals surface area contributed by atoms with Gasteiger partial charge in [-0.3, -0.25) is 4.79 Å². The predicted octanol–water partition coefficient (Wildman–Crippen LogP) is 2.41. The van der Waals surface area contributed by atoms with Crippen molar-refractivity contribution in [3.63, 3.8) is 0 Å². The molecule has 0 fully saturated rings. The monoisotopic (exact) mass is 280 g/mol. The average molecular weight is 280 g/mol. The molecule has 0 radical (unpaired) electrons. The molecule has 0 spiro atoms. The van der Waals surface area contributed by atoms with Gasteiger partial charge in [0.15, 0.2) is 0 Å². The standard InChI is InChI=1S/C17H16N2O2/c18-12-13-5-4-8-15(11-13)17(21)19-16(9-10-20)14-6-2-1-3-7-14/h1-8,11,16,20H,9-10H2,(H,19,21). The van der Waals surface area contributed by atoms with Crippen LogP contribution in [0.3, 0.4) is 0 Å².